The molecule has 0 fully saturated rings. The Morgan fingerprint density at radius 2 is 2.25 bits per heavy atom. The molecule has 4 heteroatoms. The van der Waals surface area contributed by atoms with E-state index in [-0.39, 0.29) is 0 Å². The van der Waals surface area contributed by atoms with Gasteiger partial charge in [-0.2, -0.15) is 11.3 Å². The molecule has 0 saturated carbocycles. The Morgan fingerprint density at radius 1 is 1.38 bits per heavy atom. The first kappa shape index (κ1) is 12.3. The van der Waals surface area contributed by atoms with Crippen LogP contribution in [0.4, 0.5) is 0 Å². The van der Waals surface area contributed by atoms with Crippen LogP contribution in [0.1, 0.15) is 23.4 Å². The first-order valence-electron chi connectivity index (χ1n) is 5.25. The lowest BCUT2D eigenvalue weighted by atomic mass is 10.2. The molecule has 0 aliphatic rings. The Morgan fingerprint density at radius 3 is 2.88 bits per heavy atom. The number of hydrogen-bond acceptors (Lipinski definition) is 3. The van der Waals surface area contributed by atoms with Gasteiger partial charge in [0.25, 0.3) is 0 Å². The van der Waals surface area contributed by atoms with Crippen molar-refractivity contribution in [2.75, 3.05) is 6.54 Å². The van der Waals surface area contributed by atoms with Crippen LogP contribution >= 0.6 is 38.6 Å². The first-order valence-corrected chi connectivity index (χ1v) is 7.80. The van der Waals surface area contributed by atoms with Gasteiger partial charge in [-0.15, -0.1) is 11.3 Å². The Kier molecular flexibility index (Phi) is 4.58. The zero-order chi connectivity index (χ0) is 11.4. The molecular weight excluding hydrogens is 302 g/mol. The third-order valence-corrected chi connectivity index (χ3v) is 5.00. The third-order valence-electron chi connectivity index (χ3n) is 2.47. The van der Waals surface area contributed by atoms with Gasteiger partial charge in [-0.3, -0.25) is 0 Å². The van der Waals surface area contributed by atoms with Gasteiger partial charge in [0.2, 0.25) is 0 Å². The highest BCUT2D eigenvalue weighted by Crippen LogP contribution is 2.26. The molecule has 0 amide bonds. The molecule has 1 unspecified atom stereocenters. The molecule has 0 radical (unpaired) electrons. The fourth-order valence-corrected chi connectivity index (χ4v) is 3.68. The summed E-state index contributed by atoms with van der Waals surface area (Å²) in [5.41, 5.74) is 1.43. The lowest BCUT2D eigenvalue weighted by Gasteiger charge is -2.11. The first-order chi connectivity index (χ1) is 7.75. The second-order valence-electron chi connectivity index (χ2n) is 3.70. The van der Waals surface area contributed by atoms with Crippen molar-refractivity contribution in [3.05, 3.63) is 43.2 Å². The fourth-order valence-electron chi connectivity index (χ4n) is 1.53. The highest BCUT2D eigenvalue weighted by atomic mass is 79.9. The topological polar surface area (TPSA) is 12.0 Å². The zero-order valence-corrected chi connectivity index (χ0v) is 12.3. The Balaban J connectivity index is 1.78. The molecule has 0 saturated heterocycles. The fraction of sp³-hybridized carbons (Fsp3) is 0.333. The second-order valence-corrected chi connectivity index (χ2v) is 6.97. The highest BCUT2D eigenvalue weighted by molar-refractivity contribution is 9.11. The average molecular weight is 316 g/mol. The van der Waals surface area contributed by atoms with Gasteiger partial charge in [-0.05, 0) is 70.3 Å². The maximum absolute atomic E-state index is 3.54. The Labute approximate surface area is 113 Å². The van der Waals surface area contributed by atoms with Crippen molar-refractivity contribution in [2.45, 2.75) is 19.4 Å². The number of rotatable bonds is 5. The van der Waals surface area contributed by atoms with Gasteiger partial charge in [-0.25, -0.2) is 0 Å². The molecule has 2 aromatic rings. The molecule has 86 valence electrons. The van der Waals surface area contributed by atoms with Gasteiger partial charge in [0.05, 0.1) is 3.79 Å². The zero-order valence-electron chi connectivity index (χ0n) is 9.07. The van der Waals surface area contributed by atoms with Crippen molar-refractivity contribution in [1.82, 2.24) is 5.32 Å². The quantitative estimate of drug-likeness (QED) is 0.858. The SMILES string of the molecule is CC(NCCc1ccsc1)c1ccc(Br)s1. The summed E-state index contributed by atoms with van der Waals surface area (Å²) >= 11 is 7.06. The molecule has 0 aromatic carbocycles. The van der Waals surface area contributed by atoms with Crippen molar-refractivity contribution in [2.24, 2.45) is 0 Å². The van der Waals surface area contributed by atoms with Crippen LogP contribution in [0.15, 0.2) is 32.7 Å². The molecule has 0 aliphatic heterocycles. The number of thiophene rings is 2. The monoisotopic (exact) mass is 315 g/mol. The molecule has 0 spiro atoms. The van der Waals surface area contributed by atoms with E-state index in [1.165, 1.54) is 14.2 Å². The van der Waals surface area contributed by atoms with Gasteiger partial charge in [-0.1, -0.05) is 0 Å². The van der Waals surface area contributed by atoms with Crippen LogP contribution in [0.25, 0.3) is 0 Å². The van der Waals surface area contributed by atoms with E-state index in [0.717, 1.165) is 13.0 Å². The summed E-state index contributed by atoms with van der Waals surface area (Å²) in [4.78, 5) is 1.39. The van der Waals surface area contributed by atoms with Crippen molar-refractivity contribution in [3.63, 3.8) is 0 Å². The summed E-state index contributed by atoms with van der Waals surface area (Å²) in [5.74, 6) is 0. The molecule has 0 aliphatic carbocycles. The summed E-state index contributed by atoms with van der Waals surface area (Å²) in [6.45, 7) is 3.25. The van der Waals surface area contributed by atoms with Gasteiger partial charge < -0.3 is 5.32 Å². The standard InChI is InChI=1S/C12H14BrNS2/c1-9(11-2-3-12(13)16-11)14-6-4-10-5-7-15-8-10/h2-3,5,7-9,14H,4,6H2,1H3. The summed E-state index contributed by atoms with van der Waals surface area (Å²) in [6.07, 6.45) is 1.11. The molecule has 1 nitrogen and oxygen atoms in total. The van der Waals surface area contributed by atoms with Crippen LogP contribution < -0.4 is 5.32 Å². The molecule has 2 heterocycles. The predicted molar refractivity (Wildman–Crippen MR) is 76.5 cm³/mol. The third kappa shape index (κ3) is 3.42. The summed E-state index contributed by atoms with van der Waals surface area (Å²) in [7, 11) is 0. The van der Waals surface area contributed by atoms with E-state index < -0.39 is 0 Å². The second kappa shape index (κ2) is 5.96. The van der Waals surface area contributed by atoms with E-state index in [2.05, 4.69) is 57.1 Å². The van der Waals surface area contributed by atoms with Crippen molar-refractivity contribution in [1.29, 1.82) is 0 Å². The van der Waals surface area contributed by atoms with E-state index in [1.54, 1.807) is 22.7 Å². The highest BCUT2D eigenvalue weighted by Gasteiger charge is 2.06. The Bertz CT molecular complexity index is 422. The molecule has 1 N–H and O–H groups in total. The largest absolute Gasteiger partial charge is 0.309 e. The van der Waals surface area contributed by atoms with Crippen LogP contribution in [-0.2, 0) is 6.42 Å². The smallest absolute Gasteiger partial charge is 0.0701 e. The average Bonchev–Trinajstić information content (AvgIpc) is 2.89. The molecular formula is C12H14BrNS2. The van der Waals surface area contributed by atoms with E-state index in [0.29, 0.717) is 6.04 Å². The minimum atomic E-state index is 0.440. The lowest BCUT2D eigenvalue weighted by Crippen LogP contribution is -2.20. The van der Waals surface area contributed by atoms with E-state index in [4.69, 9.17) is 0 Å². The van der Waals surface area contributed by atoms with Crippen molar-refractivity contribution >= 4 is 38.6 Å². The maximum Gasteiger partial charge on any atom is 0.0701 e. The minimum Gasteiger partial charge on any atom is -0.309 e. The predicted octanol–water partition coefficient (Wildman–Crippen LogP) is 4.47. The molecule has 16 heavy (non-hydrogen) atoms. The van der Waals surface area contributed by atoms with Crippen LogP contribution in [0.3, 0.4) is 0 Å². The minimum absolute atomic E-state index is 0.440. The van der Waals surface area contributed by atoms with Crippen LogP contribution in [0.2, 0.25) is 0 Å². The number of halogens is 1. The number of nitrogens with one attached hydrogen (secondary N) is 1. The van der Waals surface area contributed by atoms with E-state index in [9.17, 15) is 0 Å². The maximum atomic E-state index is 3.54. The number of hydrogen-bond donors (Lipinski definition) is 1. The van der Waals surface area contributed by atoms with E-state index >= 15 is 0 Å². The Hall–Kier alpha value is -0.160. The van der Waals surface area contributed by atoms with Crippen molar-refractivity contribution < 1.29 is 0 Å². The van der Waals surface area contributed by atoms with E-state index in [1.807, 2.05) is 0 Å². The summed E-state index contributed by atoms with van der Waals surface area (Å²) < 4.78 is 1.20. The van der Waals surface area contributed by atoms with Gasteiger partial charge in [0, 0.05) is 10.9 Å². The summed E-state index contributed by atoms with van der Waals surface area (Å²) in [6, 6.07) is 6.92. The molecule has 1 atom stereocenters. The van der Waals surface area contributed by atoms with Gasteiger partial charge >= 0.3 is 0 Å². The lowest BCUT2D eigenvalue weighted by molar-refractivity contribution is 0.585. The van der Waals surface area contributed by atoms with Crippen LogP contribution in [0, 0.1) is 0 Å². The summed E-state index contributed by atoms with van der Waals surface area (Å²) in [5, 5.41) is 7.90. The van der Waals surface area contributed by atoms with Crippen molar-refractivity contribution in [3.8, 4) is 0 Å². The molecule has 2 rings (SSSR count). The normalized spacial score (nSPS) is 12.9. The van der Waals surface area contributed by atoms with Gasteiger partial charge in [0.1, 0.15) is 0 Å². The van der Waals surface area contributed by atoms with Gasteiger partial charge in [0.15, 0.2) is 0 Å². The van der Waals surface area contributed by atoms with Crippen LogP contribution in [0.5, 0.6) is 0 Å². The van der Waals surface area contributed by atoms with Crippen LogP contribution in [-0.4, -0.2) is 6.54 Å². The molecule has 2 aromatic heterocycles. The molecule has 0 bridgehead atoms.